The Morgan fingerprint density at radius 2 is 2.00 bits per heavy atom. The minimum absolute atomic E-state index is 0.0203. The highest BCUT2D eigenvalue weighted by molar-refractivity contribution is 7.81. The third-order valence-electron chi connectivity index (χ3n) is 4.38. The second-order valence-corrected chi connectivity index (χ2v) is 8.54. The van der Waals surface area contributed by atoms with Crippen molar-refractivity contribution >= 4 is 24.4 Å². The first-order valence-electron chi connectivity index (χ1n) is 8.33. The van der Waals surface area contributed by atoms with Gasteiger partial charge in [0.25, 0.3) is 0 Å². The maximum atomic E-state index is 14.8. The number of halogens is 3. The zero-order chi connectivity index (χ0) is 19.9. The summed E-state index contributed by atoms with van der Waals surface area (Å²) in [4.78, 5) is 11.9. The highest BCUT2D eigenvalue weighted by Gasteiger charge is 2.51. The van der Waals surface area contributed by atoms with Crippen molar-refractivity contribution in [2.45, 2.75) is 69.4 Å². The molecule has 1 fully saturated rings. The fraction of sp³-hybridized carbons (Fsp3) is 0.611. The topological polar surface area (TPSA) is 50.4 Å². The molecule has 1 aliphatic heterocycles. The van der Waals surface area contributed by atoms with E-state index in [2.05, 4.69) is 23.3 Å². The molecule has 1 aromatic carbocycles. The van der Waals surface area contributed by atoms with E-state index in [4.69, 9.17) is 4.74 Å². The Kier molecular flexibility index (Phi) is 5.59. The van der Waals surface area contributed by atoms with Gasteiger partial charge in [0, 0.05) is 17.7 Å². The first kappa shape index (κ1) is 20.9. The van der Waals surface area contributed by atoms with Crippen LogP contribution in [0.4, 0.5) is 23.7 Å². The van der Waals surface area contributed by atoms with Crippen molar-refractivity contribution in [2.75, 3.05) is 5.32 Å². The standard InChI is InChI=1S/C18H25F3N2O2S/c1-16(2,3)25-15(24)22-10-6-7-12(19)11(8-10)18(5)13(20)9-17(4,21)14(26)23-18/h6-8,13-14,23,26H,9H2,1-5H3,(H,22,24)/t13-,14?,17-,18+/m0/s1. The van der Waals surface area contributed by atoms with E-state index < -0.39 is 46.7 Å². The molecule has 4 atom stereocenters. The van der Waals surface area contributed by atoms with Crippen molar-refractivity contribution < 1.29 is 22.7 Å². The lowest BCUT2D eigenvalue weighted by Crippen LogP contribution is -2.62. The van der Waals surface area contributed by atoms with Crippen LogP contribution in [0.25, 0.3) is 0 Å². The molecule has 1 saturated heterocycles. The van der Waals surface area contributed by atoms with E-state index in [-0.39, 0.29) is 11.3 Å². The summed E-state index contributed by atoms with van der Waals surface area (Å²) in [7, 11) is 0. The molecule has 26 heavy (non-hydrogen) atoms. The third kappa shape index (κ3) is 4.46. The van der Waals surface area contributed by atoms with Crippen LogP contribution in [0.3, 0.4) is 0 Å². The number of ether oxygens (including phenoxy) is 1. The zero-order valence-electron chi connectivity index (χ0n) is 15.5. The van der Waals surface area contributed by atoms with Crippen molar-refractivity contribution in [1.29, 1.82) is 0 Å². The van der Waals surface area contributed by atoms with E-state index in [9.17, 15) is 18.0 Å². The van der Waals surface area contributed by atoms with Crippen LogP contribution >= 0.6 is 12.6 Å². The van der Waals surface area contributed by atoms with Gasteiger partial charge in [0.2, 0.25) is 0 Å². The zero-order valence-corrected chi connectivity index (χ0v) is 16.4. The summed E-state index contributed by atoms with van der Waals surface area (Å²) in [6.45, 7) is 7.84. The van der Waals surface area contributed by atoms with Crippen LogP contribution < -0.4 is 10.6 Å². The predicted octanol–water partition coefficient (Wildman–Crippen LogP) is 4.70. The van der Waals surface area contributed by atoms with Gasteiger partial charge in [-0.2, -0.15) is 12.6 Å². The molecule has 0 bridgehead atoms. The number of anilines is 1. The highest BCUT2D eigenvalue weighted by Crippen LogP contribution is 2.42. The van der Waals surface area contributed by atoms with Crippen LogP contribution in [0.2, 0.25) is 0 Å². The van der Waals surface area contributed by atoms with E-state index >= 15 is 0 Å². The summed E-state index contributed by atoms with van der Waals surface area (Å²) in [6.07, 6.45) is -2.82. The lowest BCUT2D eigenvalue weighted by molar-refractivity contribution is 0.00656. The molecule has 2 N–H and O–H groups in total. The number of hydrogen-bond acceptors (Lipinski definition) is 4. The molecule has 1 aliphatic rings. The molecule has 1 aromatic rings. The molecule has 0 saturated carbocycles. The number of piperidine rings is 1. The highest BCUT2D eigenvalue weighted by atomic mass is 32.1. The predicted molar refractivity (Wildman–Crippen MR) is 98.5 cm³/mol. The Labute approximate surface area is 157 Å². The molecule has 1 unspecified atom stereocenters. The van der Waals surface area contributed by atoms with Gasteiger partial charge >= 0.3 is 6.09 Å². The second kappa shape index (κ2) is 6.96. The van der Waals surface area contributed by atoms with E-state index in [0.29, 0.717) is 0 Å². The summed E-state index contributed by atoms with van der Waals surface area (Å²) in [5.74, 6) is -0.666. The molecule has 146 valence electrons. The molecule has 2 rings (SSSR count). The average Bonchev–Trinajstić information content (AvgIpc) is 2.45. The Hall–Kier alpha value is -1.41. The monoisotopic (exact) mass is 390 g/mol. The number of carbonyl (C=O) groups is 1. The van der Waals surface area contributed by atoms with E-state index in [0.717, 1.165) is 6.07 Å². The SMILES string of the molecule is CC(C)(C)OC(=O)Nc1ccc(F)c([C@@]2(C)NC(S)[C@@](C)(F)C[C@@H]2F)c1. The summed E-state index contributed by atoms with van der Waals surface area (Å²) in [5.41, 5.74) is -3.83. The Balaban J connectivity index is 2.31. The van der Waals surface area contributed by atoms with Gasteiger partial charge in [0.1, 0.15) is 23.3 Å². The summed E-state index contributed by atoms with van der Waals surface area (Å²) in [5, 5.41) is 4.26. The Bertz CT molecular complexity index is 694. The molecule has 4 nitrogen and oxygen atoms in total. The van der Waals surface area contributed by atoms with Crippen LogP contribution in [-0.2, 0) is 10.3 Å². The molecule has 1 amide bonds. The number of rotatable bonds is 2. The fourth-order valence-electron chi connectivity index (χ4n) is 2.86. The van der Waals surface area contributed by atoms with Gasteiger partial charge in [0.05, 0.1) is 10.9 Å². The second-order valence-electron chi connectivity index (χ2n) is 8.02. The molecule has 0 radical (unpaired) electrons. The number of benzene rings is 1. The van der Waals surface area contributed by atoms with Gasteiger partial charge in [-0.3, -0.25) is 10.6 Å². The Morgan fingerprint density at radius 1 is 1.38 bits per heavy atom. The average molecular weight is 390 g/mol. The number of thiol groups is 1. The largest absolute Gasteiger partial charge is 0.444 e. The van der Waals surface area contributed by atoms with Gasteiger partial charge in [-0.25, -0.2) is 18.0 Å². The smallest absolute Gasteiger partial charge is 0.412 e. The van der Waals surface area contributed by atoms with Crippen molar-refractivity contribution in [3.8, 4) is 0 Å². The molecular weight excluding hydrogens is 365 g/mol. The van der Waals surface area contributed by atoms with Gasteiger partial charge in [-0.1, -0.05) is 0 Å². The minimum Gasteiger partial charge on any atom is -0.444 e. The first-order chi connectivity index (χ1) is 11.7. The van der Waals surface area contributed by atoms with Crippen LogP contribution in [-0.4, -0.2) is 28.9 Å². The molecule has 0 spiro atoms. The van der Waals surface area contributed by atoms with E-state index in [1.807, 2.05) is 0 Å². The van der Waals surface area contributed by atoms with Crippen molar-refractivity contribution in [1.82, 2.24) is 5.32 Å². The fourth-order valence-corrected chi connectivity index (χ4v) is 3.23. The lowest BCUT2D eigenvalue weighted by atomic mass is 9.78. The van der Waals surface area contributed by atoms with Crippen molar-refractivity contribution in [3.05, 3.63) is 29.6 Å². The quantitative estimate of drug-likeness (QED) is 0.642. The van der Waals surface area contributed by atoms with Gasteiger partial charge in [-0.05, 0) is 52.8 Å². The lowest BCUT2D eigenvalue weighted by Gasteiger charge is -2.46. The minimum atomic E-state index is -1.87. The van der Waals surface area contributed by atoms with E-state index in [1.54, 1.807) is 20.8 Å². The summed E-state index contributed by atoms with van der Waals surface area (Å²) in [6, 6.07) is 3.79. The molecule has 0 aromatic heterocycles. The molecule has 1 heterocycles. The maximum absolute atomic E-state index is 14.8. The number of carbonyl (C=O) groups excluding carboxylic acids is 1. The molecular formula is C18H25F3N2O2S. The number of alkyl halides is 2. The van der Waals surface area contributed by atoms with E-state index in [1.165, 1.54) is 26.0 Å². The number of amides is 1. The van der Waals surface area contributed by atoms with Crippen molar-refractivity contribution in [2.24, 2.45) is 0 Å². The maximum Gasteiger partial charge on any atom is 0.412 e. The van der Waals surface area contributed by atoms with Crippen LogP contribution in [0.5, 0.6) is 0 Å². The van der Waals surface area contributed by atoms with Gasteiger partial charge in [0.15, 0.2) is 0 Å². The van der Waals surface area contributed by atoms with Crippen molar-refractivity contribution in [3.63, 3.8) is 0 Å². The summed E-state index contributed by atoms with van der Waals surface area (Å²) >= 11 is 4.14. The number of nitrogens with one attached hydrogen (secondary N) is 2. The van der Waals surface area contributed by atoms with Gasteiger partial charge in [-0.15, -0.1) is 0 Å². The Morgan fingerprint density at radius 3 is 2.58 bits per heavy atom. The molecule has 0 aliphatic carbocycles. The molecule has 8 heteroatoms. The summed E-state index contributed by atoms with van der Waals surface area (Å²) < 4.78 is 48.7. The normalized spacial score (nSPS) is 32.2. The van der Waals surface area contributed by atoms with Crippen LogP contribution in [0, 0.1) is 5.82 Å². The number of hydrogen-bond donors (Lipinski definition) is 3. The van der Waals surface area contributed by atoms with Crippen LogP contribution in [0.1, 0.15) is 46.6 Å². The van der Waals surface area contributed by atoms with Gasteiger partial charge < -0.3 is 4.74 Å². The first-order valence-corrected chi connectivity index (χ1v) is 8.85. The third-order valence-corrected chi connectivity index (χ3v) is 5.05. The van der Waals surface area contributed by atoms with Crippen LogP contribution in [0.15, 0.2) is 18.2 Å².